The summed E-state index contributed by atoms with van der Waals surface area (Å²) in [5.41, 5.74) is 0.482. The van der Waals surface area contributed by atoms with E-state index in [1.165, 1.54) is 30.0 Å². The monoisotopic (exact) mass is 341 g/mol. The van der Waals surface area contributed by atoms with Crippen molar-refractivity contribution in [2.75, 3.05) is 11.9 Å². The number of halogens is 2. The minimum absolute atomic E-state index is 0.0153. The molecule has 1 unspecified atom stereocenters. The van der Waals surface area contributed by atoms with Gasteiger partial charge in [-0.15, -0.1) is 0 Å². The van der Waals surface area contributed by atoms with Crippen molar-refractivity contribution in [3.05, 3.63) is 47.0 Å². The lowest BCUT2D eigenvalue weighted by Crippen LogP contribution is -2.32. The summed E-state index contributed by atoms with van der Waals surface area (Å²) in [7, 11) is 0. The number of hydrogen-bond acceptors (Lipinski definition) is 3. The molecule has 0 radical (unpaired) electrons. The Kier molecular flexibility index (Phi) is 4.23. The van der Waals surface area contributed by atoms with Gasteiger partial charge in [0.2, 0.25) is 0 Å². The lowest BCUT2D eigenvalue weighted by atomic mass is 9.97. The molecule has 1 aliphatic heterocycles. The molecular formula is C14H13BrFNO3. The summed E-state index contributed by atoms with van der Waals surface area (Å²) in [6.07, 6.45) is 0. The van der Waals surface area contributed by atoms with Gasteiger partial charge in [0.1, 0.15) is 5.82 Å². The molecule has 0 spiro atoms. The number of amides is 1. The predicted molar refractivity (Wildman–Crippen MR) is 75.0 cm³/mol. The van der Waals surface area contributed by atoms with Crippen molar-refractivity contribution in [1.29, 1.82) is 0 Å². The molecular weight excluding hydrogens is 329 g/mol. The van der Waals surface area contributed by atoms with Gasteiger partial charge in [-0.05, 0) is 24.6 Å². The molecule has 0 saturated carbocycles. The molecule has 0 aromatic heterocycles. The second-order valence-corrected chi connectivity index (χ2v) is 5.26. The van der Waals surface area contributed by atoms with Crippen molar-refractivity contribution in [3.63, 3.8) is 0 Å². The van der Waals surface area contributed by atoms with Crippen LogP contribution < -0.4 is 0 Å². The maximum Gasteiger partial charge on any atom is 0.290 e. The van der Waals surface area contributed by atoms with Crippen molar-refractivity contribution in [2.24, 2.45) is 0 Å². The number of carbonyl (C=O) groups excluding carboxylic acids is 2. The van der Waals surface area contributed by atoms with Crippen LogP contribution in [0.25, 0.3) is 0 Å². The van der Waals surface area contributed by atoms with Crippen LogP contribution in [0.5, 0.6) is 0 Å². The Morgan fingerprint density at radius 2 is 2.20 bits per heavy atom. The van der Waals surface area contributed by atoms with Crippen LogP contribution in [0.2, 0.25) is 0 Å². The maximum absolute atomic E-state index is 13.4. The summed E-state index contributed by atoms with van der Waals surface area (Å²) >= 11 is 3.23. The van der Waals surface area contributed by atoms with E-state index in [4.69, 9.17) is 0 Å². The molecule has 0 saturated heterocycles. The number of nitrogens with zero attached hydrogens (tertiary/aromatic N) is 1. The number of rotatable bonds is 4. The molecule has 1 heterocycles. The molecule has 1 amide bonds. The zero-order valence-electron chi connectivity index (χ0n) is 10.8. The summed E-state index contributed by atoms with van der Waals surface area (Å²) in [5, 5.41) is 10.4. The average molecular weight is 342 g/mol. The fourth-order valence-corrected chi connectivity index (χ4v) is 2.74. The highest BCUT2D eigenvalue weighted by Gasteiger charge is 2.41. The number of aliphatic hydroxyl groups excluding tert-OH is 1. The molecule has 0 aliphatic carbocycles. The first-order valence-corrected chi connectivity index (χ1v) is 7.16. The van der Waals surface area contributed by atoms with Crippen molar-refractivity contribution in [3.8, 4) is 0 Å². The Hall–Kier alpha value is -1.69. The highest BCUT2D eigenvalue weighted by Crippen LogP contribution is 2.37. The topological polar surface area (TPSA) is 57.6 Å². The first kappa shape index (κ1) is 14.7. The van der Waals surface area contributed by atoms with Crippen molar-refractivity contribution in [2.45, 2.75) is 13.0 Å². The van der Waals surface area contributed by atoms with Crippen LogP contribution in [0.1, 0.15) is 18.5 Å². The van der Waals surface area contributed by atoms with Crippen molar-refractivity contribution < 1.29 is 19.1 Å². The van der Waals surface area contributed by atoms with E-state index in [1.807, 2.05) is 0 Å². The number of benzene rings is 1. The van der Waals surface area contributed by atoms with E-state index >= 15 is 0 Å². The Balaban J connectivity index is 2.54. The molecule has 0 bridgehead atoms. The van der Waals surface area contributed by atoms with Gasteiger partial charge < -0.3 is 10.0 Å². The summed E-state index contributed by atoms with van der Waals surface area (Å²) in [5.74, 6) is -2.01. The molecule has 4 nitrogen and oxygen atoms in total. The van der Waals surface area contributed by atoms with E-state index < -0.39 is 29.3 Å². The largest absolute Gasteiger partial charge is 0.503 e. The van der Waals surface area contributed by atoms with E-state index in [2.05, 4.69) is 15.9 Å². The summed E-state index contributed by atoms with van der Waals surface area (Å²) < 4.78 is 13.4. The molecule has 6 heteroatoms. The van der Waals surface area contributed by atoms with Crippen molar-refractivity contribution in [1.82, 2.24) is 4.90 Å². The molecule has 1 atom stereocenters. The van der Waals surface area contributed by atoms with E-state index in [0.717, 1.165) is 0 Å². The number of hydrogen-bond donors (Lipinski definition) is 1. The van der Waals surface area contributed by atoms with Crippen LogP contribution in [0.15, 0.2) is 35.6 Å². The van der Waals surface area contributed by atoms with E-state index in [0.29, 0.717) is 17.4 Å². The quantitative estimate of drug-likeness (QED) is 0.856. The van der Waals surface area contributed by atoms with Gasteiger partial charge >= 0.3 is 0 Å². The van der Waals surface area contributed by atoms with Gasteiger partial charge in [0.15, 0.2) is 11.5 Å². The van der Waals surface area contributed by atoms with Gasteiger partial charge in [0, 0.05) is 11.9 Å². The Labute approximate surface area is 124 Å². The van der Waals surface area contributed by atoms with Gasteiger partial charge in [-0.2, -0.15) is 0 Å². The number of carbonyl (C=O) groups is 2. The summed E-state index contributed by atoms with van der Waals surface area (Å²) in [6.45, 7) is 1.59. The molecule has 1 N–H and O–H groups in total. The number of Topliss-reactive ketones (excluding diaryl/α,β-unsaturated/α-hetero) is 1. The second kappa shape index (κ2) is 5.75. The van der Waals surface area contributed by atoms with Crippen LogP contribution in [0.3, 0.4) is 0 Å². The third kappa shape index (κ3) is 2.47. The van der Waals surface area contributed by atoms with E-state index in [-0.39, 0.29) is 5.57 Å². The average Bonchev–Trinajstić information content (AvgIpc) is 2.64. The zero-order valence-corrected chi connectivity index (χ0v) is 12.4. The van der Waals surface area contributed by atoms with Gasteiger partial charge in [0.25, 0.3) is 5.91 Å². The number of aliphatic hydroxyl groups is 1. The van der Waals surface area contributed by atoms with Gasteiger partial charge in [-0.1, -0.05) is 28.1 Å². The summed E-state index contributed by atoms with van der Waals surface area (Å²) in [4.78, 5) is 25.1. The van der Waals surface area contributed by atoms with Crippen LogP contribution in [-0.4, -0.2) is 33.6 Å². The van der Waals surface area contributed by atoms with E-state index in [9.17, 15) is 19.1 Å². The highest BCUT2D eigenvalue weighted by atomic mass is 79.9. The molecule has 1 aliphatic rings. The van der Waals surface area contributed by atoms with Gasteiger partial charge in [-0.25, -0.2) is 4.39 Å². The minimum Gasteiger partial charge on any atom is -0.503 e. The van der Waals surface area contributed by atoms with Crippen LogP contribution in [0, 0.1) is 5.82 Å². The smallest absolute Gasteiger partial charge is 0.290 e. The lowest BCUT2D eigenvalue weighted by molar-refractivity contribution is -0.129. The second-order valence-electron chi connectivity index (χ2n) is 4.46. The summed E-state index contributed by atoms with van der Waals surface area (Å²) in [6, 6.07) is 4.94. The zero-order chi connectivity index (χ0) is 14.9. The highest BCUT2D eigenvalue weighted by molar-refractivity contribution is 9.09. The minimum atomic E-state index is -0.742. The molecule has 0 fully saturated rings. The third-order valence-electron chi connectivity index (χ3n) is 3.17. The lowest BCUT2D eigenvalue weighted by Gasteiger charge is -2.25. The first-order chi connectivity index (χ1) is 9.47. The molecule has 1 aromatic carbocycles. The van der Waals surface area contributed by atoms with Gasteiger partial charge in [-0.3, -0.25) is 9.59 Å². The molecule has 2 rings (SSSR count). The number of alkyl halides is 1. The SMILES string of the molecule is CC(=O)C1=C(O)C(=O)N(CCBr)C1c1cccc(F)c1. The number of ketones is 1. The Bertz CT molecular complexity index is 600. The fourth-order valence-electron chi connectivity index (χ4n) is 2.36. The Morgan fingerprint density at radius 3 is 2.75 bits per heavy atom. The van der Waals surface area contributed by atoms with E-state index in [1.54, 1.807) is 6.07 Å². The van der Waals surface area contributed by atoms with Gasteiger partial charge in [0.05, 0.1) is 11.6 Å². The maximum atomic E-state index is 13.4. The first-order valence-electron chi connectivity index (χ1n) is 6.03. The van der Waals surface area contributed by atoms with Crippen molar-refractivity contribution >= 4 is 27.6 Å². The van der Waals surface area contributed by atoms with Crippen LogP contribution in [-0.2, 0) is 9.59 Å². The third-order valence-corrected chi connectivity index (χ3v) is 3.53. The Morgan fingerprint density at radius 1 is 1.50 bits per heavy atom. The van der Waals surface area contributed by atoms with Crippen LogP contribution in [0.4, 0.5) is 4.39 Å². The van der Waals surface area contributed by atoms with Crippen LogP contribution >= 0.6 is 15.9 Å². The predicted octanol–water partition coefficient (Wildman–Crippen LogP) is 2.51. The fraction of sp³-hybridized carbons (Fsp3) is 0.286. The molecule has 1 aromatic rings. The normalized spacial score (nSPS) is 18.9. The molecule has 106 valence electrons. The molecule has 20 heavy (non-hydrogen) atoms. The standard InChI is InChI=1S/C14H13BrFNO3/c1-8(18)11-12(9-3-2-4-10(16)7-9)17(6-5-15)14(20)13(11)19/h2-4,7,12,19H,5-6H2,1H3.